The quantitative estimate of drug-likeness (QED) is 0.440. The Kier molecular flexibility index (Phi) is 6.14. The van der Waals surface area contributed by atoms with E-state index >= 15 is 0 Å². The van der Waals surface area contributed by atoms with Gasteiger partial charge in [0.1, 0.15) is 11.5 Å². The summed E-state index contributed by atoms with van der Waals surface area (Å²) < 4.78 is 5.42. The third-order valence-corrected chi connectivity index (χ3v) is 3.39. The molecule has 0 radical (unpaired) electrons. The predicted octanol–water partition coefficient (Wildman–Crippen LogP) is 3.63. The van der Waals surface area contributed by atoms with Crippen LogP contribution in [0.25, 0.3) is 0 Å². The van der Waals surface area contributed by atoms with Crippen LogP contribution in [0.15, 0.2) is 72.0 Å². The van der Waals surface area contributed by atoms with E-state index in [9.17, 15) is 19.8 Å². The molecule has 2 N–H and O–H groups in total. The van der Waals surface area contributed by atoms with Gasteiger partial charge in [0.2, 0.25) is 0 Å². The molecule has 0 fully saturated rings. The zero-order valence-electron chi connectivity index (χ0n) is 13.0. The van der Waals surface area contributed by atoms with Gasteiger partial charge in [-0.2, -0.15) is 0 Å². The summed E-state index contributed by atoms with van der Waals surface area (Å²) in [5, 5.41) is 19.3. The van der Waals surface area contributed by atoms with Gasteiger partial charge in [-0.25, -0.2) is 4.79 Å². The second-order valence-electron chi connectivity index (χ2n) is 5.11. The minimum Gasteiger partial charge on any atom is -0.512 e. The fourth-order valence-electron chi connectivity index (χ4n) is 2.12. The molecular weight excluding hydrogens is 308 g/mol. The second-order valence-corrected chi connectivity index (χ2v) is 5.11. The number of aliphatic hydroxyl groups is 1. The van der Waals surface area contributed by atoms with Crippen molar-refractivity contribution in [3.8, 4) is 5.75 Å². The molecule has 0 bridgehead atoms. The fraction of sp³-hybridized carbons (Fsp3) is 0.158. The number of carbonyl (C=O) groups excluding carboxylic acids is 1. The van der Waals surface area contributed by atoms with Gasteiger partial charge in [-0.05, 0) is 12.1 Å². The number of rotatable bonds is 8. The van der Waals surface area contributed by atoms with Crippen LogP contribution in [0.3, 0.4) is 0 Å². The molecule has 0 amide bonds. The molecule has 0 aromatic heterocycles. The highest BCUT2D eigenvalue weighted by molar-refractivity contribution is 6.03. The number of benzene rings is 2. The number of para-hydroxylation sites is 1. The van der Waals surface area contributed by atoms with Crippen LogP contribution in [0, 0.1) is 0 Å². The number of ketones is 1. The molecule has 0 spiro atoms. The summed E-state index contributed by atoms with van der Waals surface area (Å²) in [4.78, 5) is 23.4. The van der Waals surface area contributed by atoms with Crippen molar-refractivity contribution in [1.82, 2.24) is 0 Å². The molecule has 5 nitrogen and oxygen atoms in total. The number of hydrogen-bond donors (Lipinski definition) is 2. The van der Waals surface area contributed by atoms with Gasteiger partial charge in [0.05, 0.1) is 12.2 Å². The number of carboxylic acids is 1. The Morgan fingerprint density at radius 1 is 0.875 bits per heavy atom. The van der Waals surface area contributed by atoms with Crippen LogP contribution < -0.4 is 4.74 Å². The third-order valence-electron chi connectivity index (χ3n) is 3.39. The van der Waals surface area contributed by atoms with Crippen LogP contribution >= 0.6 is 0 Å². The number of ether oxygens (including phenoxy) is 1. The van der Waals surface area contributed by atoms with Crippen LogP contribution in [0.2, 0.25) is 0 Å². The largest absolute Gasteiger partial charge is 0.512 e. The van der Waals surface area contributed by atoms with E-state index in [1.165, 1.54) is 0 Å². The van der Waals surface area contributed by atoms with Crippen molar-refractivity contribution in [3.63, 3.8) is 0 Å². The molecule has 0 saturated heterocycles. The maximum Gasteiger partial charge on any atom is 0.335 e. The van der Waals surface area contributed by atoms with Crippen molar-refractivity contribution in [2.24, 2.45) is 0 Å². The van der Waals surface area contributed by atoms with Crippen molar-refractivity contribution in [3.05, 3.63) is 77.6 Å². The van der Waals surface area contributed by atoms with Gasteiger partial charge in [0.25, 0.3) is 0 Å². The molecule has 24 heavy (non-hydrogen) atoms. The predicted molar refractivity (Wildman–Crippen MR) is 89.2 cm³/mol. The SMILES string of the molecule is O=C(O)C(CC(=O)c1ccccc1)=C(O)CCOc1ccccc1. The number of hydrogen-bond acceptors (Lipinski definition) is 4. The molecule has 0 atom stereocenters. The maximum atomic E-state index is 12.1. The monoisotopic (exact) mass is 326 g/mol. The van der Waals surface area contributed by atoms with Crippen LogP contribution in [-0.2, 0) is 4.79 Å². The third kappa shape index (κ3) is 4.98. The summed E-state index contributed by atoms with van der Waals surface area (Å²) in [5.74, 6) is -1.38. The highest BCUT2D eigenvalue weighted by Crippen LogP contribution is 2.16. The van der Waals surface area contributed by atoms with E-state index in [0.717, 1.165) is 0 Å². The lowest BCUT2D eigenvalue weighted by Gasteiger charge is -2.09. The van der Waals surface area contributed by atoms with Gasteiger partial charge in [-0.1, -0.05) is 48.5 Å². The first kappa shape index (κ1) is 17.3. The molecule has 0 unspecified atom stereocenters. The second kappa shape index (κ2) is 8.53. The fourth-order valence-corrected chi connectivity index (χ4v) is 2.12. The first-order chi connectivity index (χ1) is 11.6. The molecule has 2 aromatic rings. The van der Waals surface area contributed by atoms with Crippen molar-refractivity contribution in [2.45, 2.75) is 12.8 Å². The summed E-state index contributed by atoms with van der Waals surface area (Å²) in [6.07, 6.45) is -0.352. The van der Waals surface area contributed by atoms with Crippen molar-refractivity contribution >= 4 is 11.8 Å². The van der Waals surface area contributed by atoms with E-state index in [2.05, 4.69) is 0 Å². The normalized spacial score (nSPS) is 11.5. The Morgan fingerprint density at radius 2 is 1.46 bits per heavy atom. The standard InChI is InChI=1S/C19H18O5/c20-17(11-12-24-15-9-5-2-6-10-15)16(19(22)23)13-18(21)14-7-3-1-4-8-14/h1-10,20H,11-13H2,(H,22,23). The molecule has 0 heterocycles. The minimum atomic E-state index is -1.31. The van der Waals surface area contributed by atoms with E-state index in [-0.39, 0.29) is 36.6 Å². The summed E-state index contributed by atoms with van der Waals surface area (Å²) in [5.41, 5.74) is 0.102. The summed E-state index contributed by atoms with van der Waals surface area (Å²) >= 11 is 0. The number of carbonyl (C=O) groups is 2. The first-order valence-electron chi connectivity index (χ1n) is 7.48. The van der Waals surface area contributed by atoms with Crippen molar-refractivity contribution < 1.29 is 24.5 Å². The lowest BCUT2D eigenvalue weighted by Crippen LogP contribution is -2.12. The van der Waals surface area contributed by atoms with Gasteiger partial charge in [-0.3, -0.25) is 4.79 Å². The highest BCUT2D eigenvalue weighted by atomic mass is 16.5. The lowest BCUT2D eigenvalue weighted by molar-refractivity contribution is -0.133. The molecule has 0 aliphatic rings. The Balaban J connectivity index is 2.00. The topological polar surface area (TPSA) is 83.8 Å². The molecule has 0 saturated carbocycles. The molecular formula is C19H18O5. The maximum absolute atomic E-state index is 12.1. The number of Topliss-reactive ketones (excluding diaryl/α,β-unsaturated/α-hetero) is 1. The Labute approximate surface area is 139 Å². The van der Waals surface area contributed by atoms with Crippen molar-refractivity contribution in [1.29, 1.82) is 0 Å². The Morgan fingerprint density at radius 3 is 2.04 bits per heavy atom. The van der Waals surface area contributed by atoms with Gasteiger partial charge in [-0.15, -0.1) is 0 Å². The average Bonchev–Trinajstić information content (AvgIpc) is 2.60. The molecule has 124 valence electrons. The lowest BCUT2D eigenvalue weighted by atomic mass is 10.0. The molecule has 2 rings (SSSR count). The smallest absolute Gasteiger partial charge is 0.335 e. The summed E-state index contributed by atoms with van der Waals surface area (Å²) in [7, 11) is 0. The van der Waals surface area contributed by atoms with Gasteiger partial charge < -0.3 is 14.9 Å². The van der Waals surface area contributed by atoms with Crippen LogP contribution in [0.5, 0.6) is 5.75 Å². The number of aliphatic carboxylic acids is 1. The van der Waals surface area contributed by atoms with Crippen LogP contribution in [-0.4, -0.2) is 28.6 Å². The van der Waals surface area contributed by atoms with E-state index in [0.29, 0.717) is 11.3 Å². The minimum absolute atomic E-state index is 0.0125. The number of carboxylic acid groups (broad SMARTS) is 1. The average molecular weight is 326 g/mol. The molecule has 0 aliphatic heterocycles. The first-order valence-corrected chi connectivity index (χ1v) is 7.48. The van der Waals surface area contributed by atoms with Gasteiger partial charge >= 0.3 is 5.97 Å². The van der Waals surface area contributed by atoms with E-state index in [1.807, 2.05) is 18.2 Å². The Hall–Kier alpha value is -3.08. The van der Waals surface area contributed by atoms with Crippen LogP contribution in [0.4, 0.5) is 0 Å². The molecule has 5 heteroatoms. The molecule has 2 aromatic carbocycles. The van der Waals surface area contributed by atoms with E-state index in [4.69, 9.17) is 4.74 Å². The highest BCUT2D eigenvalue weighted by Gasteiger charge is 2.19. The molecule has 0 aliphatic carbocycles. The zero-order valence-corrected chi connectivity index (χ0v) is 13.0. The summed E-state index contributed by atoms with van der Waals surface area (Å²) in [6.45, 7) is 0.117. The Bertz CT molecular complexity index is 720. The van der Waals surface area contributed by atoms with Crippen molar-refractivity contribution in [2.75, 3.05) is 6.61 Å². The van der Waals surface area contributed by atoms with Gasteiger partial charge in [0.15, 0.2) is 5.78 Å². The van der Waals surface area contributed by atoms with Gasteiger partial charge in [0, 0.05) is 18.4 Å². The number of aliphatic hydroxyl groups excluding tert-OH is 1. The van der Waals surface area contributed by atoms with E-state index < -0.39 is 5.97 Å². The van der Waals surface area contributed by atoms with E-state index in [1.54, 1.807) is 42.5 Å². The van der Waals surface area contributed by atoms with Crippen LogP contribution in [0.1, 0.15) is 23.2 Å². The zero-order chi connectivity index (χ0) is 17.4. The summed E-state index contributed by atoms with van der Waals surface area (Å²) in [6, 6.07) is 17.4.